The maximum absolute atomic E-state index is 13.4. The van der Waals surface area contributed by atoms with E-state index >= 15 is 0 Å². The summed E-state index contributed by atoms with van der Waals surface area (Å²) in [6.45, 7) is 12.9. The number of hydrogen-bond acceptors (Lipinski definition) is 7. The molecule has 2 aliphatic heterocycles. The molecule has 12 heteroatoms. The summed E-state index contributed by atoms with van der Waals surface area (Å²) in [5.41, 5.74) is -0.347. The molecule has 0 aromatic heterocycles. The van der Waals surface area contributed by atoms with Gasteiger partial charge in [-0.3, -0.25) is 14.9 Å². The number of aliphatic hydroxyl groups excluding tert-OH is 1. The molecule has 0 bridgehead atoms. The van der Waals surface area contributed by atoms with E-state index < -0.39 is 48.2 Å². The largest absolute Gasteiger partial charge is 0.480 e. The van der Waals surface area contributed by atoms with Gasteiger partial charge in [0.1, 0.15) is 0 Å². The number of carbonyl (C=O) groups excluding carboxylic acids is 1. The number of aliphatic hydroxyl groups is 1. The van der Waals surface area contributed by atoms with Crippen LogP contribution < -0.4 is 5.32 Å². The van der Waals surface area contributed by atoms with Crippen molar-refractivity contribution in [1.29, 1.82) is 0 Å². The Labute approximate surface area is 300 Å². The summed E-state index contributed by atoms with van der Waals surface area (Å²) in [4.78, 5) is 26.2. The van der Waals surface area contributed by atoms with Gasteiger partial charge in [0.05, 0.1) is 37.6 Å². The van der Waals surface area contributed by atoms with Crippen molar-refractivity contribution in [3.63, 3.8) is 0 Å². The zero-order chi connectivity index (χ0) is 36.5. The fourth-order valence-corrected chi connectivity index (χ4v) is 14.2. The van der Waals surface area contributed by atoms with Crippen LogP contribution in [0.5, 0.6) is 0 Å². The molecule has 6 saturated carbocycles. The lowest BCUT2D eigenvalue weighted by Gasteiger charge is -2.64. The fraction of sp³-hybridized carbons (Fsp3) is 0.949. The zero-order valence-corrected chi connectivity index (χ0v) is 31.0. The molecule has 2 spiro atoms. The number of amides is 1. The van der Waals surface area contributed by atoms with Crippen molar-refractivity contribution in [1.82, 2.24) is 10.2 Å². The second kappa shape index (κ2) is 12.0. The average molecular weight is 725 g/mol. The van der Waals surface area contributed by atoms with Gasteiger partial charge in [-0.15, -0.1) is 0 Å². The van der Waals surface area contributed by atoms with E-state index in [0.717, 1.165) is 51.4 Å². The summed E-state index contributed by atoms with van der Waals surface area (Å²) in [5.74, 6) is -0.201. The first-order valence-corrected chi connectivity index (χ1v) is 19.8. The highest BCUT2D eigenvalue weighted by atomic mass is 19.4. The Balaban J connectivity index is 0.973. The monoisotopic (exact) mass is 724 g/mol. The highest BCUT2D eigenvalue weighted by Gasteiger charge is 2.84. The molecule has 2 heterocycles. The number of aliphatic carboxylic acids is 1. The normalized spacial score (nSPS) is 49.1. The zero-order valence-electron chi connectivity index (χ0n) is 31.0. The number of fused-ring (bicyclic) bond motifs is 4. The lowest BCUT2D eigenvalue weighted by atomic mass is 9.41. The van der Waals surface area contributed by atoms with Crippen molar-refractivity contribution in [2.75, 3.05) is 26.2 Å². The van der Waals surface area contributed by atoms with Crippen LogP contribution in [-0.2, 0) is 23.8 Å². The molecule has 51 heavy (non-hydrogen) atoms. The van der Waals surface area contributed by atoms with E-state index in [1.165, 1.54) is 6.42 Å². The maximum Gasteiger partial charge on any atom is 0.414 e. The van der Waals surface area contributed by atoms with Gasteiger partial charge in [0.25, 0.3) is 0 Å². The van der Waals surface area contributed by atoms with Gasteiger partial charge in [-0.2, -0.15) is 13.2 Å². The molecule has 0 aromatic carbocycles. The van der Waals surface area contributed by atoms with Gasteiger partial charge < -0.3 is 29.3 Å². The van der Waals surface area contributed by atoms with Crippen molar-refractivity contribution in [3.05, 3.63) is 0 Å². The van der Waals surface area contributed by atoms with E-state index in [2.05, 4.69) is 39.9 Å². The first-order valence-electron chi connectivity index (χ1n) is 19.8. The number of alkyl halides is 3. The first-order chi connectivity index (χ1) is 23.9. The summed E-state index contributed by atoms with van der Waals surface area (Å²) < 4.78 is 59.6. The number of nitrogens with one attached hydrogen (secondary N) is 1. The van der Waals surface area contributed by atoms with Crippen LogP contribution in [0.1, 0.15) is 105 Å². The molecule has 288 valence electrons. The number of carbonyl (C=O) groups is 2. The minimum Gasteiger partial charge on any atom is -0.480 e. The Morgan fingerprint density at radius 2 is 1.73 bits per heavy atom. The molecule has 8 fully saturated rings. The molecule has 8 rings (SSSR count). The molecule has 14 atom stereocenters. The Bertz CT molecular complexity index is 1410. The van der Waals surface area contributed by atoms with Gasteiger partial charge in [0, 0.05) is 24.9 Å². The maximum atomic E-state index is 13.4. The van der Waals surface area contributed by atoms with Crippen molar-refractivity contribution in [3.8, 4) is 0 Å². The molecular weight excluding hydrogens is 665 g/mol. The lowest BCUT2D eigenvalue weighted by molar-refractivity contribution is -0.248. The molecule has 9 nitrogen and oxygen atoms in total. The first kappa shape index (κ1) is 36.5. The molecule has 3 N–H and O–H groups in total. The Hall–Kier alpha value is -1.47. The third kappa shape index (κ3) is 5.32. The van der Waals surface area contributed by atoms with E-state index in [4.69, 9.17) is 14.2 Å². The van der Waals surface area contributed by atoms with Crippen molar-refractivity contribution in [2.45, 2.75) is 148 Å². The molecule has 6 aliphatic carbocycles. The molecular formula is C39H59F3N2O7. The van der Waals surface area contributed by atoms with E-state index in [9.17, 15) is 33.0 Å². The van der Waals surface area contributed by atoms with E-state index in [0.29, 0.717) is 50.3 Å². The molecule has 0 radical (unpaired) electrons. The lowest BCUT2D eigenvalue weighted by Crippen LogP contribution is -2.60. The molecule has 2 saturated heterocycles. The number of ether oxygens (including phenoxy) is 3. The van der Waals surface area contributed by atoms with Gasteiger partial charge in [-0.25, -0.2) is 0 Å². The van der Waals surface area contributed by atoms with Crippen LogP contribution in [0.3, 0.4) is 0 Å². The topological polar surface area (TPSA) is 118 Å². The second-order valence-corrected chi connectivity index (χ2v) is 19.3. The van der Waals surface area contributed by atoms with Gasteiger partial charge in [0.2, 0.25) is 11.9 Å². The van der Waals surface area contributed by atoms with E-state index in [-0.39, 0.29) is 52.1 Å². The number of morpholine rings is 1. The third-order valence-electron chi connectivity index (χ3n) is 16.8. The van der Waals surface area contributed by atoms with Crippen molar-refractivity contribution < 1.29 is 47.2 Å². The number of carboxylic acid groups (broad SMARTS) is 1. The minimum absolute atomic E-state index is 0.0352. The van der Waals surface area contributed by atoms with Gasteiger partial charge in [-0.05, 0) is 115 Å². The summed E-state index contributed by atoms with van der Waals surface area (Å²) in [5, 5.41) is 23.8. The number of carboxylic acids is 1. The SMILES string of the molecule is C[C@@H]1C[C@H](CNC(C(=O)O)C(F)(F)F)O[C@H]2[C@H]1[C@@]1(C)CC[C@@]34C[C@@]35CC[C@H](O[C@H]3CN(C(=O)CC6CC6)CCO3)C(C)(C)[C@@H]5CC[C@H]4[C@]1(C)[C@H]2O. The summed E-state index contributed by atoms with van der Waals surface area (Å²) in [6.07, 6.45) is 3.69. The highest BCUT2D eigenvalue weighted by molar-refractivity contribution is 5.77. The number of nitrogens with zero attached hydrogens (tertiary/aromatic N) is 1. The van der Waals surface area contributed by atoms with Gasteiger partial charge in [-0.1, -0.05) is 34.6 Å². The molecule has 0 aromatic rings. The summed E-state index contributed by atoms with van der Waals surface area (Å²) in [6, 6.07) is -2.66. The standard InChI is InChI=1S/C39H59F3N2O7/c1-21-16-23(18-43-31(33(47)48)39(40,41)42)50-30-29(21)35(4)12-13-38-20-37(38)11-10-26(34(2,3)24(37)8-9-25(38)36(35,5)32(30)46)51-28-19-44(14-15-49-28)27(45)17-22-6-7-22/h21-26,28-32,43,46H,6-20H2,1-5H3,(H,47,48)/t21-,23-,24+,25+,26+,28+,29+,30+,31?,32+,35-,36-,37-,38+/m1/s1. The van der Waals surface area contributed by atoms with E-state index in [1.54, 1.807) is 0 Å². The van der Waals surface area contributed by atoms with Crippen LogP contribution in [0.15, 0.2) is 0 Å². The van der Waals surface area contributed by atoms with Crippen molar-refractivity contribution >= 4 is 11.9 Å². The van der Waals surface area contributed by atoms with Crippen LogP contribution in [0.4, 0.5) is 13.2 Å². The highest BCUT2D eigenvalue weighted by Crippen LogP contribution is 2.89. The van der Waals surface area contributed by atoms with Gasteiger partial charge in [0.15, 0.2) is 6.29 Å². The Morgan fingerprint density at radius 3 is 2.41 bits per heavy atom. The summed E-state index contributed by atoms with van der Waals surface area (Å²) >= 11 is 0. The second-order valence-electron chi connectivity index (χ2n) is 19.3. The smallest absolute Gasteiger partial charge is 0.414 e. The van der Waals surface area contributed by atoms with Crippen LogP contribution >= 0.6 is 0 Å². The Morgan fingerprint density at radius 1 is 1.02 bits per heavy atom. The minimum atomic E-state index is -4.91. The van der Waals surface area contributed by atoms with Crippen LogP contribution in [0, 0.1) is 56.7 Å². The Kier molecular flexibility index (Phi) is 8.60. The predicted molar refractivity (Wildman–Crippen MR) is 180 cm³/mol. The summed E-state index contributed by atoms with van der Waals surface area (Å²) in [7, 11) is 0. The molecule has 1 unspecified atom stereocenters. The molecule has 8 aliphatic rings. The predicted octanol–water partition coefficient (Wildman–Crippen LogP) is 5.78. The van der Waals surface area contributed by atoms with Gasteiger partial charge >= 0.3 is 12.1 Å². The van der Waals surface area contributed by atoms with Crippen LogP contribution in [0.2, 0.25) is 0 Å². The van der Waals surface area contributed by atoms with Crippen LogP contribution in [-0.4, -0.2) is 96.2 Å². The fourth-order valence-electron chi connectivity index (χ4n) is 14.2. The van der Waals surface area contributed by atoms with Crippen molar-refractivity contribution in [2.24, 2.45) is 56.7 Å². The molecule has 1 amide bonds. The average Bonchev–Trinajstić information content (AvgIpc) is 3.97. The van der Waals surface area contributed by atoms with Crippen LogP contribution in [0.25, 0.3) is 0 Å². The number of halogens is 3. The third-order valence-corrected chi connectivity index (χ3v) is 16.8. The number of hydrogen-bond donors (Lipinski definition) is 3. The van der Waals surface area contributed by atoms with E-state index in [1.807, 2.05) is 4.90 Å². The quantitative estimate of drug-likeness (QED) is 0.289. The number of rotatable bonds is 8.